The lowest BCUT2D eigenvalue weighted by Crippen LogP contribution is -2.09. The number of hydrogen-bond donors (Lipinski definition) is 2. The normalized spacial score (nSPS) is 10.9. The molecular weight excluding hydrogens is 344 g/mol. The SMILES string of the molecule is O=c1[nH]c(-c2c(Cl)ccc(Br)c2O)nc2ccccc12. The van der Waals surface area contributed by atoms with Crippen LogP contribution in [0.2, 0.25) is 5.02 Å². The van der Waals surface area contributed by atoms with Gasteiger partial charge in [0.25, 0.3) is 5.56 Å². The molecule has 3 aromatic rings. The van der Waals surface area contributed by atoms with Crippen LogP contribution in [0.5, 0.6) is 5.75 Å². The lowest BCUT2D eigenvalue weighted by molar-refractivity contribution is 0.473. The summed E-state index contributed by atoms with van der Waals surface area (Å²) in [4.78, 5) is 19.0. The molecule has 0 aliphatic rings. The molecule has 0 saturated heterocycles. The van der Waals surface area contributed by atoms with Crippen molar-refractivity contribution in [2.24, 2.45) is 0 Å². The van der Waals surface area contributed by atoms with E-state index >= 15 is 0 Å². The Morgan fingerprint density at radius 2 is 1.95 bits per heavy atom. The second kappa shape index (κ2) is 4.92. The Morgan fingerprint density at radius 3 is 2.75 bits per heavy atom. The minimum absolute atomic E-state index is 0.0593. The third-order valence-corrected chi connectivity index (χ3v) is 3.88. The fraction of sp³-hybridized carbons (Fsp3) is 0. The molecule has 1 aromatic heterocycles. The van der Waals surface area contributed by atoms with Gasteiger partial charge in [0.15, 0.2) is 0 Å². The molecule has 4 nitrogen and oxygen atoms in total. The van der Waals surface area contributed by atoms with Crippen molar-refractivity contribution < 1.29 is 5.11 Å². The molecule has 0 fully saturated rings. The number of hydrogen-bond acceptors (Lipinski definition) is 3. The van der Waals surface area contributed by atoms with Gasteiger partial charge in [-0.15, -0.1) is 0 Å². The number of aromatic nitrogens is 2. The number of nitrogens with zero attached hydrogens (tertiary/aromatic N) is 1. The number of H-pyrrole nitrogens is 1. The molecule has 3 rings (SSSR count). The van der Waals surface area contributed by atoms with Gasteiger partial charge in [0, 0.05) is 0 Å². The molecule has 0 spiro atoms. The number of halogens is 2. The molecule has 0 bridgehead atoms. The van der Waals surface area contributed by atoms with Crippen LogP contribution in [-0.4, -0.2) is 15.1 Å². The zero-order valence-electron chi connectivity index (χ0n) is 10.0. The van der Waals surface area contributed by atoms with Crippen LogP contribution in [0.15, 0.2) is 45.7 Å². The predicted octanol–water partition coefficient (Wildman–Crippen LogP) is 3.71. The summed E-state index contributed by atoms with van der Waals surface area (Å²) in [5.41, 5.74) is 0.562. The molecule has 6 heteroatoms. The number of fused-ring (bicyclic) bond motifs is 1. The Hall–Kier alpha value is -1.85. The van der Waals surface area contributed by atoms with Gasteiger partial charge < -0.3 is 10.1 Å². The number of benzene rings is 2. The number of nitrogens with one attached hydrogen (secondary N) is 1. The van der Waals surface area contributed by atoms with Crippen molar-refractivity contribution in [2.75, 3.05) is 0 Å². The highest BCUT2D eigenvalue weighted by Crippen LogP contribution is 2.39. The number of phenols is 1. The highest BCUT2D eigenvalue weighted by molar-refractivity contribution is 9.10. The van der Waals surface area contributed by atoms with E-state index in [0.717, 1.165) is 0 Å². The number of aromatic hydroxyl groups is 1. The maximum atomic E-state index is 12.0. The monoisotopic (exact) mass is 350 g/mol. The summed E-state index contributed by atoms with van der Waals surface area (Å²) >= 11 is 9.31. The van der Waals surface area contributed by atoms with Gasteiger partial charge in [0.05, 0.1) is 26.0 Å². The molecule has 0 radical (unpaired) electrons. The van der Waals surface area contributed by atoms with E-state index in [1.165, 1.54) is 0 Å². The maximum Gasteiger partial charge on any atom is 0.259 e. The van der Waals surface area contributed by atoms with Gasteiger partial charge in [-0.05, 0) is 40.2 Å². The molecule has 20 heavy (non-hydrogen) atoms. The average Bonchev–Trinajstić information content (AvgIpc) is 2.44. The molecule has 0 atom stereocenters. The van der Waals surface area contributed by atoms with Crippen molar-refractivity contribution in [3.05, 3.63) is 56.2 Å². The van der Waals surface area contributed by atoms with Gasteiger partial charge in [-0.1, -0.05) is 23.7 Å². The van der Waals surface area contributed by atoms with E-state index in [-0.39, 0.29) is 17.1 Å². The Balaban J connectivity index is 2.36. The summed E-state index contributed by atoms with van der Waals surface area (Å²) in [5, 5.41) is 10.9. The lowest BCUT2D eigenvalue weighted by Gasteiger charge is -2.08. The third kappa shape index (κ3) is 2.09. The van der Waals surface area contributed by atoms with Crippen molar-refractivity contribution in [3.63, 3.8) is 0 Å². The molecule has 0 amide bonds. The first-order valence-corrected chi connectivity index (χ1v) is 6.91. The van der Waals surface area contributed by atoms with E-state index in [1.807, 2.05) is 0 Å². The summed E-state index contributed by atoms with van der Waals surface area (Å²) < 4.78 is 0.479. The lowest BCUT2D eigenvalue weighted by atomic mass is 10.1. The minimum atomic E-state index is -0.277. The van der Waals surface area contributed by atoms with Crippen molar-refractivity contribution in [1.29, 1.82) is 0 Å². The van der Waals surface area contributed by atoms with Crippen molar-refractivity contribution in [1.82, 2.24) is 9.97 Å². The quantitative estimate of drug-likeness (QED) is 0.702. The molecule has 0 saturated carbocycles. The first kappa shape index (κ1) is 13.1. The molecule has 2 aromatic carbocycles. The van der Waals surface area contributed by atoms with Crippen LogP contribution >= 0.6 is 27.5 Å². The predicted molar refractivity (Wildman–Crippen MR) is 82.2 cm³/mol. The molecule has 1 heterocycles. The fourth-order valence-corrected chi connectivity index (χ4v) is 2.54. The summed E-state index contributed by atoms with van der Waals surface area (Å²) in [6.07, 6.45) is 0. The first-order valence-electron chi connectivity index (χ1n) is 5.74. The van der Waals surface area contributed by atoms with Crippen LogP contribution in [0, 0.1) is 0 Å². The third-order valence-electron chi connectivity index (χ3n) is 2.93. The molecule has 2 N–H and O–H groups in total. The molecule has 100 valence electrons. The summed E-state index contributed by atoms with van der Waals surface area (Å²) in [6.45, 7) is 0. The zero-order valence-corrected chi connectivity index (χ0v) is 12.4. The fourth-order valence-electron chi connectivity index (χ4n) is 1.97. The average molecular weight is 352 g/mol. The summed E-state index contributed by atoms with van der Waals surface area (Å²) in [6, 6.07) is 10.2. The van der Waals surface area contributed by atoms with Crippen LogP contribution < -0.4 is 5.56 Å². The van der Waals surface area contributed by atoms with Crippen LogP contribution in [0.1, 0.15) is 0 Å². The number of phenolic OH excluding ortho intramolecular Hbond substituents is 1. The Labute approximate surface area is 127 Å². The molecule has 0 aliphatic carbocycles. The topological polar surface area (TPSA) is 66.0 Å². The van der Waals surface area contributed by atoms with Crippen molar-refractivity contribution >= 4 is 38.4 Å². The van der Waals surface area contributed by atoms with E-state index in [2.05, 4.69) is 25.9 Å². The number of para-hydroxylation sites is 1. The Kier molecular flexibility index (Phi) is 3.23. The van der Waals surface area contributed by atoms with Crippen LogP contribution in [0.4, 0.5) is 0 Å². The highest BCUT2D eigenvalue weighted by atomic mass is 79.9. The van der Waals surface area contributed by atoms with E-state index in [9.17, 15) is 9.90 Å². The van der Waals surface area contributed by atoms with Gasteiger partial charge in [-0.2, -0.15) is 0 Å². The van der Waals surface area contributed by atoms with Crippen LogP contribution in [0.3, 0.4) is 0 Å². The van der Waals surface area contributed by atoms with Crippen molar-refractivity contribution in [3.8, 4) is 17.1 Å². The second-order valence-corrected chi connectivity index (χ2v) is 5.45. The van der Waals surface area contributed by atoms with Crippen molar-refractivity contribution in [2.45, 2.75) is 0 Å². The largest absolute Gasteiger partial charge is 0.506 e. The van der Waals surface area contributed by atoms with Gasteiger partial charge in [0.1, 0.15) is 11.6 Å². The van der Waals surface area contributed by atoms with E-state index in [4.69, 9.17) is 11.6 Å². The number of aromatic amines is 1. The van der Waals surface area contributed by atoms with E-state index in [0.29, 0.717) is 26.0 Å². The smallest absolute Gasteiger partial charge is 0.259 e. The Bertz CT molecular complexity index is 877. The second-order valence-electron chi connectivity index (χ2n) is 4.18. The van der Waals surface area contributed by atoms with Crippen LogP contribution in [0.25, 0.3) is 22.3 Å². The van der Waals surface area contributed by atoms with Gasteiger partial charge in [-0.3, -0.25) is 4.79 Å². The van der Waals surface area contributed by atoms with E-state index < -0.39 is 0 Å². The first-order chi connectivity index (χ1) is 9.58. The molecule has 0 aliphatic heterocycles. The number of rotatable bonds is 1. The maximum absolute atomic E-state index is 12.0. The minimum Gasteiger partial charge on any atom is -0.506 e. The Morgan fingerprint density at radius 1 is 1.20 bits per heavy atom. The van der Waals surface area contributed by atoms with E-state index in [1.54, 1.807) is 36.4 Å². The van der Waals surface area contributed by atoms with Gasteiger partial charge >= 0.3 is 0 Å². The summed E-state index contributed by atoms with van der Waals surface area (Å²) in [7, 11) is 0. The van der Waals surface area contributed by atoms with Gasteiger partial charge in [-0.25, -0.2) is 4.98 Å². The van der Waals surface area contributed by atoms with Gasteiger partial charge in [0.2, 0.25) is 0 Å². The van der Waals surface area contributed by atoms with Crippen LogP contribution in [-0.2, 0) is 0 Å². The highest BCUT2D eigenvalue weighted by Gasteiger charge is 2.15. The molecule has 0 unspecified atom stereocenters. The summed E-state index contributed by atoms with van der Waals surface area (Å²) in [5.74, 6) is 0.174. The molecular formula is C14H8BrClN2O2. The standard InChI is InChI=1S/C14H8BrClN2O2/c15-8-5-6-9(16)11(12(8)19)13-17-10-4-2-1-3-7(10)14(20)18-13/h1-6,19H,(H,17,18,20). The zero-order chi connectivity index (χ0) is 14.3.